The largest absolute Gasteiger partial charge is 0.497 e. The first kappa shape index (κ1) is 20.1. The molecule has 0 radical (unpaired) electrons. The number of urea groups is 1. The molecular weight excluding hydrogens is 370 g/mol. The molecule has 3 rings (SSSR count). The Balaban J connectivity index is 1.93. The molecule has 1 heterocycles. The van der Waals surface area contributed by atoms with E-state index in [4.69, 9.17) is 4.74 Å². The third kappa shape index (κ3) is 4.13. The minimum atomic E-state index is -0.790. The predicted molar refractivity (Wildman–Crippen MR) is 112 cm³/mol. The third-order valence-corrected chi connectivity index (χ3v) is 4.75. The van der Waals surface area contributed by atoms with Crippen molar-refractivity contribution in [3.05, 3.63) is 59.7 Å². The number of imide groups is 2. The summed E-state index contributed by atoms with van der Waals surface area (Å²) in [5.74, 6) is -0.899. The Labute approximate surface area is 169 Å². The molecule has 0 aromatic heterocycles. The normalized spacial score (nSPS) is 15.5. The summed E-state index contributed by atoms with van der Waals surface area (Å²) in [6.45, 7) is 5.92. The standard InChI is InChI=1S/C22H23N3O4/c1-4-24(5-2)16-11-9-15(10-12-16)13-19-20(26)23-22(28)25(21(19)27)17-7-6-8-18(14-17)29-3/h6-14H,4-5H2,1-3H3,(H,23,26,28)/b19-13+. The zero-order valence-corrected chi connectivity index (χ0v) is 16.6. The van der Waals surface area contributed by atoms with Crippen LogP contribution < -0.4 is 19.9 Å². The quantitative estimate of drug-likeness (QED) is 0.602. The van der Waals surface area contributed by atoms with Crippen molar-refractivity contribution in [1.29, 1.82) is 0 Å². The van der Waals surface area contributed by atoms with Crippen LogP contribution in [-0.2, 0) is 9.59 Å². The lowest BCUT2D eigenvalue weighted by atomic mass is 10.1. The number of nitrogens with one attached hydrogen (secondary N) is 1. The molecule has 0 spiro atoms. The van der Waals surface area contributed by atoms with Gasteiger partial charge >= 0.3 is 6.03 Å². The van der Waals surface area contributed by atoms with E-state index >= 15 is 0 Å². The summed E-state index contributed by atoms with van der Waals surface area (Å²) in [5, 5.41) is 2.22. The summed E-state index contributed by atoms with van der Waals surface area (Å²) >= 11 is 0. The topological polar surface area (TPSA) is 79.0 Å². The highest BCUT2D eigenvalue weighted by Gasteiger charge is 2.36. The molecule has 150 valence electrons. The molecule has 2 aromatic carbocycles. The Bertz CT molecular complexity index is 962. The van der Waals surface area contributed by atoms with Crippen LogP contribution in [0, 0.1) is 0 Å². The molecule has 0 bridgehead atoms. The maximum atomic E-state index is 12.9. The summed E-state index contributed by atoms with van der Waals surface area (Å²) in [6.07, 6.45) is 1.49. The minimum Gasteiger partial charge on any atom is -0.497 e. The van der Waals surface area contributed by atoms with E-state index in [0.717, 1.165) is 23.7 Å². The number of hydrogen-bond acceptors (Lipinski definition) is 5. The van der Waals surface area contributed by atoms with Crippen molar-refractivity contribution in [1.82, 2.24) is 5.32 Å². The molecule has 1 aliphatic rings. The van der Waals surface area contributed by atoms with Gasteiger partial charge in [0, 0.05) is 24.8 Å². The zero-order chi connectivity index (χ0) is 21.0. The maximum Gasteiger partial charge on any atom is 0.335 e. The average molecular weight is 393 g/mol. The molecule has 0 saturated carbocycles. The number of rotatable bonds is 6. The number of carbonyl (C=O) groups excluding carboxylic acids is 3. The Morgan fingerprint density at radius 1 is 1.03 bits per heavy atom. The monoisotopic (exact) mass is 393 g/mol. The van der Waals surface area contributed by atoms with E-state index in [-0.39, 0.29) is 5.57 Å². The molecule has 7 nitrogen and oxygen atoms in total. The molecule has 1 N–H and O–H groups in total. The van der Waals surface area contributed by atoms with Gasteiger partial charge in [0.15, 0.2) is 0 Å². The van der Waals surface area contributed by atoms with Crippen molar-refractivity contribution in [2.24, 2.45) is 0 Å². The van der Waals surface area contributed by atoms with Crippen LogP contribution in [0.15, 0.2) is 54.1 Å². The van der Waals surface area contributed by atoms with Crippen LogP contribution in [0.1, 0.15) is 19.4 Å². The van der Waals surface area contributed by atoms with Crippen molar-refractivity contribution in [3.63, 3.8) is 0 Å². The fourth-order valence-electron chi connectivity index (χ4n) is 3.18. The maximum absolute atomic E-state index is 12.9. The molecule has 0 unspecified atom stereocenters. The lowest BCUT2D eigenvalue weighted by molar-refractivity contribution is -0.122. The second-order valence-corrected chi connectivity index (χ2v) is 6.42. The molecule has 1 saturated heterocycles. The van der Waals surface area contributed by atoms with Gasteiger partial charge in [0.25, 0.3) is 11.8 Å². The van der Waals surface area contributed by atoms with Crippen LogP contribution >= 0.6 is 0 Å². The molecular formula is C22H23N3O4. The highest BCUT2D eigenvalue weighted by molar-refractivity contribution is 6.39. The van der Waals surface area contributed by atoms with E-state index < -0.39 is 17.8 Å². The smallest absolute Gasteiger partial charge is 0.335 e. The fraction of sp³-hybridized carbons (Fsp3) is 0.227. The van der Waals surface area contributed by atoms with Gasteiger partial charge in [0.1, 0.15) is 11.3 Å². The van der Waals surface area contributed by atoms with Crippen LogP contribution in [0.2, 0.25) is 0 Å². The molecule has 1 aliphatic heterocycles. The Morgan fingerprint density at radius 2 is 1.72 bits per heavy atom. The number of benzene rings is 2. The molecule has 0 aliphatic carbocycles. The molecule has 29 heavy (non-hydrogen) atoms. The average Bonchev–Trinajstić information content (AvgIpc) is 2.73. The number of nitrogens with zero attached hydrogens (tertiary/aromatic N) is 2. The lowest BCUT2D eigenvalue weighted by Gasteiger charge is -2.26. The first-order chi connectivity index (χ1) is 14.0. The van der Waals surface area contributed by atoms with Gasteiger partial charge in [0.05, 0.1) is 12.8 Å². The van der Waals surface area contributed by atoms with Gasteiger partial charge < -0.3 is 9.64 Å². The van der Waals surface area contributed by atoms with Gasteiger partial charge in [-0.15, -0.1) is 0 Å². The number of amides is 4. The van der Waals surface area contributed by atoms with Crippen LogP contribution in [0.3, 0.4) is 0 Å². The summed E-state index contributed by atoms with van der Waals surface area (Å²) < 4.78 is 5.15. The number of barbiturate groups is 1. The minimum absolute atomic E-state index is 0.108. The SMILES string of the molecule is CCN(CC)c1ccc(/C=C2\C(=O)NC(=O)N(c3cccc(OC)c3)C2=O)cc1. The van der Waals surface area contributed by atoms with Gasteiger partial charge in [-0.2, -0.15) is 0 Å². The molecule has 4 amide bonds. The molecule has 0 atom stereocenters. The van der Waals surface area contributed by atoms with E-state index in [0.29, 0.717) is 17.0 Å². The molecule has 7 heteroatoms. The van der Waals surface area contributed by atoms with Gasteiger partial charge in [-0.25, -0.2) is 9.69 Å². The highest BCUT2D eigenvalue weighted by Crippen LogP contribution is 2.25. The van der Waals surface area contributed by atoms with E-state index in [9.17, 15) is 14.4 Å². The van der Waals surface area contributed by atoms with Crippen LogP contribution in [-0.4, -0.2) is 38.0 Å². The van der Waals surface area contributed by atoms with E-state index in [1.807, 2.05) is 24.3 Å². The zero-order valence-electron chi connectivity index (χ0n) is 16.6. The van der Waals surface area contributed by atoms with Crippen LogP contribution in [0.5, 0.6) is 5.75 Å². The Kier molecular flexibility index (Phi) is 5.97. The van der Waals surface area contributed by atoms with Gasteiger partial charge in [-0.3, -0.25) is 14.9 Å². The fourth-order valence-corrected chi connectivity index (χ4v) is 3.18. The van der Waals surface area contributed by atoms with Crippen LogP contribution in [0.4, 0.5) is 16.2 Å². The van der Waals surface area contributed by atoms with Gasteiger partial charge in [0.2, 0.25) is 0 Å². The predicted octanol–water partition coefficient (Wildman–Crippen LogP) is 3.21. The summed E-state index contributed by atoms with van der Waals surface area (Å²) in [6, 6.07) is 13.3. The Hall–Kier alpha value is -3.61. The number of anilines is 2. The van der Waals surface area contributed by atoms with E-state index in [1.165, 1.54) is 13.2 Å². The summed E-state index contributed by atoms with van der Waals surface area (Å²) in [4.78, 5) is 40.7. The first-order valence-corrected chi connectivity index (χ1v) is 9.39. The highest BCUT2D eigenvalue weighted by atomic mass is 16.5. The molecule has 1 fully saturated rings. The molecule has 2 aromatic rings. The van der Waals surface area contributed by atoms with Crippen molar-refractivity contribution in [2.75, 3.05) is 30.0 Å². The van der Waals surface area contributed by atoms with Crippen molar-refractivity contribution < 1.29 is 19.1 Å². The Morgan fingerprint density at radius 3 is 2.34 bits per heavy atom. The van der Waals surface area contributed by atoms with E-state index in [1.54, 1.807) is 24.3 Å². The van der Waals surface area contributed by atoms with Crippen molar-refractivity contribution >= 4 is 35.3 Å². The second-order valence-electron chi connectivity index (χ2n) is 6.42. The van der Waals surface area contributed by atoms with Crippen LogP contribution in [0.25, 0.3) is 6.08 Å². The number of ether oxygens (including phenoxy) is 1. The van der Waals surface area contributed by atoms with Gasteiger partial charge in [-0.1, -0.05) is 18.2 Å². The van der Waals surface area contributed by atoms with Crippen molar-refractivity contribution in [3.8, 4) is 5.75 Å². The number of carbonyl (C=O) groups is 3. The van der Waals surface area contributed by atoms with Crippen molar-refractivity contribution in [2.45, 2.75) is 13.8 Å². The summed E-state index contributed by atoms with van der Waals surface area (Å²) in [7, 11) is 1.49. The lowest BCUT2D eigenvalue weighted by Crippen LogP contribution is -2.54. The van der Waals surface area contributed by atoms with Gasteiger partial charge in [-0.05, 0) is 49.8 Å². The third-order valence-electron chi connectivity index (χ3n) is 4.75. The number of methoxy groups -OCH3 is 1. The second kappa shape index (κ2) is 8.60. The first-order valence-electron chi connectivity index (χ1n) is 9.39. The number of hydrogen-bond donors (Lipinski definition) is 1. The van der Waals surface area contributed by atoms with E-state index in [2.05, 4.69) is 24.1 Å². The summed E-state index contributed by atoms with van der Waals surface area (Å²) in [5.41, 5.74) is 1.97.